The lowest BCUT2D eigenvalue weighted by Crippen LogP contribution is -2.17. The highest BCUT2D eigenvalue weighted by atomic mass is 15.1. The lowest BCUT2D eigenvalue weighted by Gasteiger charge is -2.20. The largest absolute Gasteiger partial charge is 0.302 e. The van der Waals surface area contributed by atoms with Gasteiger partial charge in [-0.15, -0.1) is 0 Å². The van der Waals surface area contributed by atoms with Crippen LogP contribution in [0.15, 0.2) is 48.5 Å². The highest BCUT2D eigenvalue weighted by molar-refractivity contribution is 5.65. The van der Waals surface area contributed by atoms with E-state index in [1.54, 1.807) is 0 Å². The lowest BCUT2D eigenvalue weighted by atomic mass is 9.99. The van der Waals surface area contributed by atoms with Crippen LogP contribution in [0, 0.1) is 0 Å². The molecule has 1 nitrogen and oxygen atoms in total. The first kappa shape index (κ1) is 11.5. The minimum Gasteiger partial charge on any atom is -0.302 e. The van der Waals surface area contributed by atoms with E-state index in [0.29, 0.717) is 6.04 Å². The number of benzene rings is 2. The molecule has 1 atom stereocenters. The number of hydrogen-bond donors (Lipinski definition) is 0. The van der Waals surface area contributed by atoms with Gasteiger partial charge in [0.1, 0.15) is 0 Å². The number of rotatable bonds is 2. The van der Waals surface area contributed by atoms with Crippen molar-refractivity contribution in [1.82, 2.24) is 4.90 Å². The first-order chi connectivity index (χ1) is 8.75. The molecule has 0 saturated carbocycles. The summed E-state index contributed by atoms with van der Waals surface area (Å²) < 4.78 is 0. The van der Waals surface area contributed by atoms with Crippen molar-refractivity contribution in [3.05, 3.63) is 59.7 Å². The number of nitrogens with zero attached hydrogens (tertiary/aromatic N) is 1. The second-order valence-corrected chi connectivity index (χ2v) is 5.30. The summed E-state index contributed by atoms with van der Waals surface area (Å²) in [6.07, 6.45) is 2.46. The molecule has 3 rings (SSSR count). The van der Waals surface area contributed by atoms with E-state index in [0.717, 1.165) is 0 Å². The Hall–Kier alpha value is -1.60. The number of hydrogen-bond acceptors (Lipinski definition) is 1. The van der Waals surface area contributed by atoms with Gasteiger partial charge in [0.15, 0.2) is 0 Å². The summed E-state index contributed by atoms with van der Waals surface area (Å²) in [6, 6.07) is 18.2. The predicted molar refractivity (Wildman–Crippen MR) is 76.6 cm³/mol. The Morgan fingerprint density at radius 2 is 1.72 bits per heavy atom. The maximum Gasteiger partial charge on any atom is 0.0347 e. The van der Waals surface area contributed by atoms with Crippen LogP contribution in [0.5, 0.6) is 0 Å². The van der Waals surface area contributed by atoms with Crippen molar-refractivity contribution in [1.29, 1.82) is 0 Å². The number of fused-ring (bicyclic) bond motifs is 1. The zero-order valence-corrected chi connectivity index (χ0v) is 11.1. The van der Waals surface area contributed by atoms with Crippen molar-refractivity contribution in [3.8, 4) is 11.1 Å². The topological polar surface area (TPSA) is 3.24 Å². The summed E-state index contributed by atoms with van der Waals surface area (Å²) in [5.41, 5.74) is 5.69. The Bertz CT molecular complexity index is 543. The van der Waals surface area contributed by atoms with Crippen LogP contribution < -0.4 is 0 Å². The van der Waals surface area contributed by atoms with Crippen LogP contribution in [0.1, 0.15) is 23.6 Å². The molecule has 0 N–H and O–H groups in total. The fraction of sp³-hybridized carbons (Fsp3) is 0.294. The molecule has 2 aromatic rings. The fourth-order valence-corrected chi connectivity index (χ4v) is 2.94. The molecular weight excluding hydrogens is 218 g/mol. The van der Waals surface area contributed by atoms with Crippen LogP contribution in [0.4, 0.5) is 0 Å². The molecule has 0 aliphatic heterocycles. The molecule has 1 unspecified atom stereocenters. The molecule has 0 radical (unpaired) electrons. The van der Waals surface area contributed by atoms with Crippen molar-refractivity contribution in [3.63, 3.8) is 0 Å². The zero-order valence-electron chi connectivity index (χ0n) is 11.1. The first-order valence-corrected chi connectivity index (χ1v) is 6.60. The normalized spacial score (nSPS) is 18.1. The van der Waals surface area contributed by atoms with Gasteiger partial charge in [0.05, 0.1) is 0 Å². The van der Waals surface area contributed by atoms with Crippen molar-refractivity contribution in [2.45, 2.75) is 18.9 Å². The zero-order chi connectivity index (χ0) is 12.5. The average Bonchev–Trinajstić information content (AvgIpc) is 2.82. The summed E-state index contributed by atoms with van der Waals surface area (Å²) >= 11 is 0. The van der Waals surface area contributed by atoms with E-state index < -0.39 is 0 Å². The van der Waals surface area contributed by atoms with Crippen molar-refractivity contribution in [2.75, 3.05) is 14.1 Å². The molecule has 0 spiro atoms. The Balaban J connectivity index is 1.99. The Morgan fingerprint density at radius 1 is 0.944 bits per heavy atom. The highest BCUT2D eigenvalue weighted by Crippen LogP contribution is 2.36. The summed E-state index contributed by atoms with van der Waals surface area (Å²) in [5.74, 6) is 0. The molecule has 0 heterocycles. The Kier molecular flexibility index (Phi) is 2.92. The minimum absolute atomic E-state index is 0.602. The second-order valence-electron chi connectivity index (χ2n) is 5.30. The van der Waals surface area contributed by atoms with Crippen LogP contribution in [0.3, 0.4) is 0 Å². The molecule has 0 saturated heterocycles. The van der Waals surface area contributed by atoms with E-state index in [1.807, 2.05) is 0 Å². The fourth-order valence-electron chi connectivity index (χ4n) is 2.94. The summed E-state index contributed by atoms with van der Waals surface area (Å²) in [7, 11) is 4.34. The average molecular weight is 237 g/mol. The van der Waals surface area contributed by atoms with Gasteiger partial charge in [-0.1, -0.05) is 48.5 Å². The van der Waals surface area contributed by atoms with Gasteiger partial charge in [0.2, 0.25) is 0 Å². The maximum absolute atomic E-state index is 2.37. The highest BCUT2D eigenvalue weighted by Gasteiger charge is 2.23. The molecule has 1 aliphatic carbocycles. The van der Waals surface area contributed by atoms with Gasteiger partial charge in [-0.05, 0) is 49.2 Å². The first-order valence-electron chi connectivity index (χ1n) is 6.60. The maximum atomic E-state index is 2.37. The van der Waals surface area contributed by atoms with E-state index in [9.17, 15) is 0 Å². The summed E-state index contributed by atoms with van der Waals surface area (Å²) in [5, 5.41) is 0. The Labute approximate surface area is 109 Å². The van der Waals surface area contributed by atoms with Crippen molar-refractivity contribution >= 4 is 0 Å². The van der Waals surface area contributed by atoms with Crippen molar-refractivity contribution in [2.24, 2.45) is 0 Å². The molecule has 1 heteroatoms. The van der Waals surface area contributed by atoms with Crippen LogP contribution >= 0.6 is 0 Å². The van der Waals surface area contributed by atoms with Crippen LogP contribution in [0.2, 0.25) is 0 Å². The second kappa shape index (κ2) is 4.58. The standard InChI is InChI=1S/C17H19N/c1-18(2)17-11-9-15-12-14(8-10-16(15)17)13-6-4-3-5-7-13/h3-8,10,12,17H,9,11H2,1-2H3. The summed E-state index contributed by atoms with van der Waals surface area (Å²) in [6.45, 7) is 0. The SMILES string of the molecule is CN(C)C1CCc2cc(-c3ccccc3)ccc21. The van der Waals surface area contributed by atoms with Crippen molar-refractivity contribution < 1.29 is 0 Å². The van der Waals surface area contributed by atoms with E-state index >= 15 is 0 Å². The number of aryl methyl sites for hydroxylation is 1. The minimum atomic E-state index is 0.602. The van der Waals surface area contributed by atoms with Gasteiger partial charge in [-0.25, -0.2) is 0 Å². The molecule has 1 aliphatic rings. The van der Waals surface area contributed by atoms with E-state index in [2.05, 4.69) is 67.5 Å². The quantitative estimate of drug-likeness (QED) is 0.765. The smallest absolute Gasteiger partial charge is 0.0347 e. The molecule has 0 amide bonds. The molecule has 0 fully saturated rings. The Morgan fingerprint density at radius 3 is 2.44 bits per heavy atom. The third-order valence-electron chi connectivity index (χ3n) is 3.92. The van der Waals surface area contributed by atoms with Gasteiger partial charge >= 0.3 is 0 Å². The molecule has 18 heavy (non-hydrogen) atoms. The summed E-state index contributed by atoms with van der Waals surface area (Å²) in [4.78, 5) is 2.33. The molecule has 0 aromatic heterocycles. The van der Waals surface area contributed by atoms with Gasteiger partial charge < -0.3 is 4.90 Å². The molecular formula is C17H19N. The van der Waals surface area contributed by atoms with Gasteiger partial charge in [0.25, 0.3) is 0 Å². The van der Waals surface area contributed by atoms with Gasteiger partial charge in [-0.2, -0.15) is 0 Å². The third-order valence-corrected chi connectivity index (χ3v) is 3.92. The van der Waals surface area contributed by atoms with E-state index in [-0.39, 0.29) is 0 Å². The molecule has 0 bridgehead atoms. The van der Waals surface area contributed by atoms with Gasteiger partial charge in [0, 0.05) is 6.04 Å². The van der Waals surface area contributed by atoms with Crippen LogP contribution in [-0.2, 0) is 6.42 Å². The molecule has 92 valence electrons. The monoisotopic (exact) mass is 237 g/mol. The van der Waals surface area contributed by atoms with E-state index in [4.69, 9.17) is 0 Å². The van der Waals surface area contributed by atoms with Crippen LogP contribution in [-0.4, -0.2) is 19.0 Å². The predicted octanol–water partition coefficient (Wildman–Crippen LogP) is 3.90. The van der Waals surface area contributed by atoms with Crippen LogP contribution in [0.25, 0.3) is 11.1 Å². The van der Waals surface area contributed by atoms with Gasteiger partial charge in [-0.3, -0.25) is 0 Å². The third kappa shape index (κ3) is 1.95. The van der Waals surface area contributed by atoms with E-state index in [1.165, 1.54) is 35.1 Å². The lowest BCUT2D eigenvalue weighted by molar-refractivity contribution is 0.299. The molecule has 2 aromatic carbocycles.